The predicted molar refractivity (Wildman–Crippen MR) is 82.7 cm³/mol. The summed E-state index contributed by atoms with van der Waals surface area (Å²) in [4.78, 5) is 14.5. The number of rotatable bonds is 4. The second kappa shape index (κ2) is 6.70. The van der Waals surface area contributed by atoms with E-state index in [-0.39, 0.29) is 5.91 Å². The van der Waals surface area contributed by atoms with Crippen molar-refractivity contribution in [2.45, 2.75) is 25.4 Å². The molecule has 116 valence electrons. The van der Waals surface area contributed by atoms with Crippen LogP contribution in [0.25, 0.3) is 0 Å². The van der Waals surface area contributed by atoms with Crippen molar-refractivity contribution in [1.82, 2.24) is 19.9 Å². The molecule has 1 aliphatic rings. The first kappa shape index (κ1) is 14.7. The number of likely N-dealkylation sites (tertiary alicyclic amines) is 1. The monoisotopic (exact) mass is 299 g/mol. The van der Waals surface area contributed by atoms with Crippen LogP contribution in [0.5, 0.6) is 0 Å². The Bertz CT molecular complexity index is 598. The van der Waals surface area contributed by atoms with Crippen molar-refractivity contribution < 1.29 is 4.79 Å². The lowest BCUT2D eigenvalue weighted by atomic mass is 9.96. The highest BCUT2D eigenvalue weighted by molar-refractivity contribution is 5.83. The summed E-state index contributed by atoms with van der Waals surface area (Å²) in [6, 6.07) is 8.97. The van der Waals surface area contributed by atoms with Gasteiger partial charge in [0.15, 0.2) is 0 Å². The van der Waals surface area contributed by atoms with Crippen molar-refractivity contribution >= 4 is 5.91 Å². The average Bonchev–Trinajstić information content (AvgIpc) is 3.07. The summed E-state index contributed by atoms with van der Waals surface area (Å²) >= 11 is 0. The van der Waals surface area contributed by atoms with E-state index in [2.05, 4.69) is 10.3 Å². The molecule has 2 N–H and O–H groups in total. The molecule has 1 aliphatic heterocycles. The zero-order valence-electron chi connectivity index (χ0n) is 12.5. The molecule has 0 radical (unpaired) electrons. The van der Waals surface area contributed by atoms with Gasteiger partial charge in [-0.2, -0.15) is 0 Å². The van der Waals surface area contributed by atoms with Crippen LogP contribution in [-0.2, 0) is 11.3 Å². The van der Waals surface area contributed by atoms with Crippen LogP contribution in [0.15, 0.2) is 42.7 Å². The second-order valence-electron chi connectivity index (χ2n) is 5.81. The van der Waals surface area contributed by atoms with Crippen LogP contribution in [0.1, 0.15) is 24.4 Å². The van der Waals surface area contributed by atoms with Gasteiger partial charge in [-0.3, -0.25) is 9.48 Å². The van der Waals surface area contributed by atoms with E-state index in [1.54, 1.807) is 6.20 Å². The van der Waals surface area contributed by atoms with Crippen LogP contribution in [0.4, 0.5) is 0 Å². The highest BCUT2D eigenvalue weighted by Crippen LogP contribution is 2.21. The number of nitrogens with two attached hydrogens (primary N) is 1. The molecule has 1 amide bonds. The fraction of sp³-hybridized carbons (Fsp3) is 0.438. The second-order valence-corrected chi connectivity index (χ2v) is 5.81. The minimum Gasteiger partial charge on any atom is -0.341 e. The quantitative estimate of drug-likeness (QED) is 0.921. The zero-order valence-corrected chi connectivity index (χ0v) is 12.5. The van der Waals surface area contributed by atoms with Gasteiger partial charge in [-0.1, -0.05) is 35.5 Å². The summed E-state index contributed by atoms with van der Waals surface area (Å²) in [5.41, 5.74) is 7.00. The predicted octanol–water partition coefficient (Wildman–Crippen LogP) is 1.22. The molecule has 22 heavy (non-hydrogen) atoms. The summed E-state index contributed by atoms with van der Waals surface area (Å²) < 4.78 is 1.83. The minimum atomic E-state index is -0.577. The number of carbonyl (C=O) groups excluding carboxylic acids is 1. The van der Waals surface area contributed by atoms with Crippen LogP contribution >= 0.6 is 0 Å². The third kappa shape index (κ3) is 3.33. The Morgan fingerprint density at radius 1 is 1.36 bits per heavy atom. The molecule has 0 unspecified atom stereocenters. The van der Waals surface area contributed by atoms with Crippen LogP contribution in [0, 0.1) is 5.92 Å². The van der Waals surface area contributed by atoms with Gasteiger partial charge in [-0.05, 0) is 24.3 Å². The third-order valence-electron chi connectivity index (χ3n) is 4.17. The number of hydrogen-bond donors (Lipinski definition) is 1. The molecule has 2 aromatic rings. The standard InChI is InChI=1S/C16H21N5O/c17-15(14-6-2-1-3-7-14)16(22)20-9-4-5-13(11-20)12-21-10-8-18-19-21/h1-3,6-8,10,13,15H,4-5,9,11-12,17H2/t13-,15-/m0/s1. The summed E-state index contributed by atoms with van der Waals surface area (Å²) in [5.74, 6) is 0.414. The molecule has 1 aromatic heterocycles. The first-order valence-electron chi connectivity index (χ1n) is 7.67. The first-order valence-corrected chi connectivity index (χ1v) is 7.67. The Balaban J connectivity index is 1.62. The van der Waals surface area contributed by atoms with E-state index in [4.69, 9.17) is 5.73 Å². The highest BCUT2D eigenvalue weighted by atomic mass is 16.2. The van der Waals surface area contributed by atoms with E-state index in [0.29, 0.717) is 5.92 Å². The average molecular weight is 299 g/mol. The van der Waals surface area contributed by atoms with E-state index in [9.17, 15) is 4.79 Å². The van der Waals surface area contributed by atoms with Crippen LogP contribution in [0.2, 0.25) is 0 Å². The molecule has 1 fully saturated rings. The smallest absolute Gasteiger partial charge is 0.244 e. The number of amides is 1. The molecule has 2 atom stereocenters. The molecule has 0 saturated carbocycles. The first-order chi connectivity index (χ1) is 10.7. The summed E-state index contributed by atoms with van der Waals surface area (Å²) in [6.45, 7) is 2.32. The zero-order chi connectivity index (χ0) is 15.4. The molecule has 0 aliphatic carbocycles. The van der Waals surface area contributed by atoms with Crippen LogP contribution in [-0.4, -0.2) is 38.9 Å². The minimum absolute atomic E-state index is 0.00879. The topological polar surface area (TPSA) is 77.0 Å². The van der Waals surface area contributed by atoms with Gasteiger partial charge in [-0.25, -0.2) is 0 Å². The molecule has 0 bridgehead atoms. The Morgan fingerprint density at radius 2 is 2.18 bits per heavy atom. The van der Waals surface area contributed by atoms with Gasteiger partial charge in [0.25, 0.3) is 0 Å². The van der Waals surface area contributed by atoms with Crippen molar-refractivity contribution in [2.24, 2.45) is 11.7 Å². The van der Waals surface area contributed by atoms with Crippen LogP contribution < -0.4 is 5.73 Å². The van der Waals surface area contributed by atoms with Gasteiger partial charge in [0, 0.05) is 25.8 Å². The Morgan fingerprint density at radius 3 is 2.91 bits per heavy atom. The van der Waals surface area contributed by atoms with Crippen molar-refractivity contribution in [3.05, 3.63) is 48.3 Å². The van der Waals surface area contributed by atoms with Gasteiger partial charge in [0.1, 0.15) is 6.04 Å². The van der Waals surface area contributed by atoms with E-state index >= 15 is 0 Å². The number of aromatic nitrogens is 3. The lowest BCUT2D eigenvalue weighted by molar-refractivity contribution is -0.134. The molecule has 6 heteroatoms. The van der Waals surface area contributed by atoms with Gasteiger partial charge >= 0.3 is 0 Å². The van der Waals surface area contributed by atoms with Gasteiger partial charge in [0.2, 0.25) is 5.91 Å². The highest BCUT2D eigenvalue weighted by Gasteiger charge is 2.28. The van der Waals surface area contributed by atoms with Crippen molar-refractivity contribution in [1.29, 1.82) is 0 Å². The lowest BCUT2D eigenvalue weighted by Gasteiger charge is -2.34. The van der Waals surface area contributed by atoms with Gasteiger partial charge in [0.05, 0.1) is 6.20 Å². The number of nitrogens with zero attached hydrogens (tertiary/aromatic N) is 4. The fourth-order valence-corrected chi connectivity index (χ4v) is 3.01. The summed E-state index contributed by atoms with van der Waals surface area (Å²) in [5, 5.41) is 7.82. The maximum absolute atomic E-state index is 12.6. The molecular formula is C16H21N5O. The largest absolute Gasteiger partial charge is 0.341 e. The molecule has 1 aromatic carbocycles. The molecule has 3 rings (SSSR count). The van der Waals surface area contributed by atoms with E-state index in [0.717, 1.165) is 38.0 Å². The number of carbonyl (C=O) groups is 1. The van der Waals surface area contributed by atoms with Gasteiger partial charge < -0.3 is 10.6 Å². The third-order valence-corrected chi connectivity index (χ3v) is 4.17. The Kier molecular flexibility index (Phi) is 4.48. The van der Waals surface area contributed by atoms with Crippen molar-refractivity contribution in [3.8, 4) is 0 Å². The molecule has 6 nitrogen and oxygen atoms in total. The molecule has 0 spiro atoms. The maximum Gasteiger partial charge on any atom is 0.244 e. The SMILES string of the molecule is N[C@H](C(=O)N1CCC[C@H](Cn2ccnn2)C1)c1ccccc1. The number of benzene rings is 1. The lowest BCUT2D eigenvalue weighted by Crippen LogP contribution is -2.45. The summed E-state index contributed by atoms with van der Waals surface area (Å²) in [6.07, 6.45) is 5.64. The molecule has 1 saturated heterocycles. The fourth-order valence-electron chi connectivity index (χ4n) is 3.01. The summed E-state index contributed by atoms with van der Waals surface area (Å²) in [7, 11) is 0. The Hall–Kier alpha value is -2.21. The molecular weight excluding hydrogens is 278 g/mol. The molecule has 2 heterocycles. The van der Waals surface area contributed by atoms with Crippen molar-refractivity contribution in [2.75, 3.05) is 13.1 Å². The van der Waals surface area contributed by atoms with Crippen molar-refractivity contribution in [3.63, 3.8) is 0 Å². The van der Waals surface area contributed by atoms with E-state index < -0.39 is 6.04 Å². The van der Waals surface area contributed by atoms with Crippen LogP contribution in [0.3, 0.4) is 0 Å². The Labute approximate surface area is 129 Å². The van der Waals surface area contributed by atoms with E-state index in [1.165, 1.54) is 0 Å². The number of hydrogen-bond acceptors (Lipinski definition) is 4. The maximum atomic E-state index is 12.6. The normalized spacial score (nSPS) is 19.9. The van der Waals surface area contributed by atoms with Gasteiger partial charge in [-0.15, -0.1) is 5.10 Å². The van der Waals surface area contributed by atoms with E-state index in [1.807, 2.05) is 46.1 Å². The number of piperidine rings is 1.